The van der Waals surface area contributed by atoms with Crippen LogP contribution in [-0.4, -0.2) is 12.0 Å². The SMILES string of the molecule is Cl.N[C@@H]1CC[C@H]2[C@@H](C1)C2(F)F. The summed E-state index contributed by atoms with van der Waals surface area (Å²) in [5, 5.41) is 0. The van der Waals surface area contributed by atoms with Crippen LogP contribution in [0.3, 0.4) is 0 Å². The Balaban J connectivity index is 0.000000605. The highest BCUT2D eigenvalue weighted by Crippen LogP contribution is 2.61. The molecule has 2 aliphatic rings. The van der Waals surface area contributed by atoms with Crippen molar-refractivity contribution >= 4 is 12.4 Å². The number of hydrogen-bond donors (Lipinski definition) is 1. The van der Waals surface area contributed by atoms with Gasteiger partial charge in [-0.05, 0) is 19.3 Å². The van der Waals surface area contributed by atoms with Gasteiger partial charge in [-0.3, -0.25) is 0 Å². The first-order valence-corrected chi connectivity index (χ1v) is 3.75. The van der Waals surface area contributed by atoms with Crippen LogP contribution < -0.4 is 5.73 Å². The van der Waals surface area contributed by atoms with E-state index in [9.17, 15) is 8.78 Å². The normalized spacial score (nSPS) is 45.5. The van der Waals surface area contributed by atoms with Crippen molar-refractivity contribution in [1.82, 2.24) is 0 Å². The molecule has 4 heteroatoms. The van der Waals surface area contributed by atoms with Gasteiger partial charge in [0.2, 0.25) is 0 Å². The smallest absolute Gasteiger partial charge is 0.254 e. The molecule has 0 saturated heterocycles. The van der Waals surface area contributed by atoms with Crippen molar-refractivity contribution in [2.45, 2.75) is 31.2 Å². The minimum atomic E-state index is -2.35. The predicted octanol–water partition coefficient (Wildman–Crippen LogP) is 1.80. The van der Waals surface area contributed by atoms with E-state index in [0.29, 0.717) is 12.8 Å². The topological polar surface area (TPSA) is 26.0 Å². The molecule has 0 aromatic rings. The fraction of sp³-hybridized carbons (Fsp3) is 1.00. The van der Waals surface area contributed by atoms with Gasteiger partial charge in [-0.1, -0.05) is 0 Å². The molecule has 0 bridgehead atoms. The summed E-state index contributed by atoms with van der Waals surface area (Å²) >= 11 is 0. The van der Waals surface area contributed by atoms with Crippen molar-refractivity contribution in [3.05, 3.63) is 0 Å². The third-order valence-corrected chi connectivity index (χ3v) is 2.77. The first-order valence-electron chi connectivity index (χ1n) is 3.75. The number of alkyl halides is 2. The standard InChI is InChI=1S/C7H11F2N.ClH/c8-7(9)5-2-1-4(10)3-6(5)7;/h4-6H,1-3,10H2;1H/t4-,5+,6-;/m1./s1. The van der Waals surface area contributed by atoms with Crippen molar-refractivity contribution in [2.24, 2.45) is 17.6 Å². The maximum atomic E-state index is 12.6. The Morgan fingerprint density at radius 1 is 1.18 bits per heavy atom. The lowest BCUT2D eigenvalue weighted by atomic mass is 9.97. The molecule has 0 heterocycles. The Labute approximate surface area is 70.7 Å². The van der Waals surface area contributed by atoms with Crippen molar-refractivity contribution in [3.63, 3.8) is 0 Å². The minimum Gasteiger partial charge on any atom is -0.328 e. The minimum absolute atomic E-state index is 0. The van der Waals surface area contributed by atoms with E-state index in [-0.39, 0.29) is 30.3 Å². The highest BCUT2D eigenvalue weighted by atomic mass is 35.5. The molecule has 0 aromatic heterocycles. The first-order chi connectivity index (χ1) is 4.62. The van der Waals surface area contributed by atoms with E-state index < -0.39 is 5.92 Å². The van der Waals surface area contributed by atoms with Crippen molar-refractivity contribution in [1.29, 1.82) is 0 Å². The van der Waals surface area contributed by atoms with Gasteiger partial charge in [0, 0.05) is 17.9 Å². The lowest BCUT2D eigenvalue weighted by Gasteiger charge is -2.13. The molecule has 11 heavy (non-hydrogen) atoms. The molecule has 2 rings (SSSR count). The molecule has 0 spiro atoms. The molecule has 2 saturated carbocycles. The maximum Gasteiger partial charge on any atom is 0.254 e. The summed E-state index contributed by atoms with van der Waals surface area (Å²) in [6, 6.07) is 0.0367. The second-order valence-electron chi connectivity index (χ2n) is 3.46. The quantitative estimate of drug-likeness (QED) is 0.609. The molecule has 2 aliphatic carbocycles. The molecule has 0 aliphatic heterocycles. The molecule has 1 nitrogen and oxygen atoms in total. The summed E-state index contributed by atoms with van der Waals surface area (Å²) in [5.41, 5.74) is 5.54. The molecular formula is C7H12ClF2N. The Kier molecular flexibility index (Phi) is 2.14. The lowest BCUT2D eigenvalue weighted by Crippen LogP contribution is -2.23. The zero-order valence-electron chi connectivity index (χ0n) is 6.09. The zero-order valence-corrected chi connectivity index (χ0v) is 6.91. The lowest BCUT2D eigenvalue weighted by molar-refractivity contribution is 0.0848. The fourth-order valence-corrected chi connectivity index (χ4v) is 2.01. The number of rotatable bonds is 0. The summed E-state index contributed by atoms with van der Waals surface area (Å²) < 4.78 is 25.2. The van der Waals surface area contributed by atoms with E-state index in [1.165, 1.54) is 0 Å². The summed E-state index contributed by atoms with van der Waals surface area (Å²) in [4.78, 5) is 0. The Hall–Kier alpha value is 0.110. The maximum absolute atomic E-state index is 12.6. The van der Waals surface area contributed by atoms with E-state index in [2.05, 4.69) is 0 Å². The Morgan fingerprint density at radius 2 is 1.82 bits per heavy atom. The van der Waals surface area contributed by atoms with Crippen molar-refractivity contribution < 1.29 is 8.78 Å². The van der Waals surface area contributed by atoms with Crippen LogP contribution in [0.1, 0.15) is 19.3 Å². The molecule has 0 aromatic carbocycles. The fourth-order valence-electron chi connectivity index (χ4n) is 2.01. The van der Waals surface area contributed by atoms with Crippen LogP contribution in [0, 0.1) is 11.8 Å². The monoisotopic (exact) mass is 183 g/mol. The van der Waals surface area contributed by atoms with Crippen LogP contribution in [0.15, 0.2) is 0 Å². The Morgan fingerprint density at radius 3 is 2.27 bits per heavy atom. The summed E-state index contributed by atoms with van der Waals surface area (Å²) in [5.74, 6) is -3.03. The van der Waals surface area contributed by atoms with E-state index >= 15 is 0 Å². The highest BCUT2D eigenvalue weighted by Gasteiger charge is 2.68. The van der Waals surface area contributed by atoms with Crippen LogP contribution in [0.2, 0.25) is 0 Å². The number of halogens is 3. The molecule has 3 atom stereocenters. The molecular weight excluding hydrogens is 172 g/mol. The first kappa shape index (κ1) is 9.20. The Bertz CT molecular complexity index is 163. The number of fused-ring (bicyclic) bond motifs is 1. The van der Waals surface area contributed by atoms with Gasteiger partial charge in [-0.2, -0.15) is 0 Å². The van der Waals surface area contributed by atoms with Gasteiger partial charge in [0.05, 0.1) is 0 Å². The molecule has 66 valence electrons. The van der Waals surface area contributed by atoms with E-state index in [4.69, 9.17) is 5.73 Å². The second-order valence-corrected chi connectivity index (χ2v) is 3.46. The van der Waals surface area contributed by atoms with Crippen molar-refractivity contribution in [3.8, 4) is 0 Å². The van der Waals surface area contributed by atoms with E-state index in [1.54, 1.807) is 0 Å². The highest BCUT2D eigenvalue weighted by molar-refractivity contribution is 5.85. The number of hydrogen-bond acceptors (Lipinski definition) is 1. The summed E-state index contributed by atoms with van der Waals surface area (Å²) in [6.07, 6.45) is 1.97. The van der Waals surface area contributed by atoms with Gasteiger partial charge < -0.3 is 5.73 Å². The van der Waals surface area contributed by atoms with Gasteiger partial charge >= 0.3 is 0 Å². The van der Waals surface area contributed by atoms with E-state index in [1.807, 2.05) is 0 Å². The van der Waals surface area contributed by atoms with Gasteiger partial charge in [0.1, 0.15) is 0 Å². The zero-order chi connectivity index (χ0) is 7.35. The summed E-state index contributed by atoms with van der Waals surface area (Å²) in [7, 11) is 0. The third kappa shape index (κ3) is 1.25. The molecule has 0 unspecified atom stereocenters. The van der Waals surface area contributed by atoms with E-state index in [0.717, 1.165) is 6.42 Å². The van der Waals surface area contributed by atoms with Crippen LogP contribution in [0.5, 0.6) is 0 Å². The molecule has 2 N–H and O–H groups in total. The number of nitrogens with two attached hydrogens (primary N) is 1. The van der Waals surface area contributed by atoms with Gasteiger partial charge in [-0.25, -0.2) is 8.78 Å². The summed E-state index contributed by atoms with van der Waals surface area (Å²) in [6.45, 7) is 0. The van der Waals surface area contributed by atoms with Crippen LogP contribution >= 0.6 is 12.4 Å². The largest absolute Gasteiger partial charge is 0.328 e. The molecule has 0 amide bonds. The second kappa shape index (κ2) is 2.56. The van der Waals surface area contributed by atoms with Crippen LogP contribution in [-0.2, 0) is 0 Å². The van der Waals surface area contributed by atoms with Crippen molar-refractivity contribution in [2.75, 3.05) is 0 Å². The van der Waals surface area contributed by atoms with Gasteiger partial charge in [0.25, 0.3) is 5.92 Å². The van der Waals surface area contributed by atoms with Crippen LogP contribution in [0.4, 0.5) is 8.78 Å². The van der Waals surface area contributed by atoms with Crippen LogP contribution in [0.25, 0.3) is 0 Å². The third-order valence-electron chi connectivity index (χ3n) is 2.77. The average Bonchev–Trinajstić information content (AvgIpc) is 2.36. The molecule has 0 radical (unpaired) electrons. The predicted molar refractivity (Wildman–Crippen MR) is 41.0 cm³/mol. The molecule has 2 fully saturated rings. The van der Waals surface area contributed by atoms with Gasteiger partial charge in [0.15, 0.2) is 0 Å². The average molecular weight is 184 g/mol. The van der Waals surface area contributed by atoms with Gasteiger partial charge in [-0.15, -0.1) is 12.4 Å².